The average Bonchev–Trinajstić information content (AvgIpc) is 2.04. The highest BCUT2D eigenvalue weighted by Crippen LogP contribution is 1.67. The van der Waals surface area contributed by atoms with Crippen molar-refractivity contribution >= 4 is 11.9 Å². The van der Waals surface area contributed by atoms with Gasteiger partial charge in [-0.15, -0.1) is 0 Å². The highest BCUT2D eigenvalue weighted by atomic mass is 16.5. The highest BCUT2D eigenvalue weighted by Gasteiger charge is 1.98. The Hall–Kier alpha value is -1.36. The molecule has 5 nitrogen and oxygen atoms in total. The van der Waals surface area contributed by atoms with Crippen LogP contribution in [0.5, 0.6) is 0 Å². The van der Waals surface area contributed by atoms with E-state index in [1.165, 1.54) is 7.11 Å². The molecule has 0 rings (SSSR count). The van der Waals surface area contributed by atoms with Crippen molar-refractivity contribution in [3.05, 3.63) is 12.7 Å². The van der Waals surface area contributed by atoms with E-state index in [9.17, 15) is 9.59 Å². The minimum atomic E-state index is -0.450. The van der Waals surface area contributed by atoms with Crippen molar-refractivity contribution < 1.29 is 14.3 Å². The van der Waals surface area contributed by atoms with Gasteiger partial charge in [-0.25, -0.2) is 5.43 Å². The molecule has 0 spiro atoms. The van der Waals surface area contributed by atoms with E-state index in [0.29, 0.717) is 0 Å². The summed E-state index contributed by atoms with van der Waals surface area (Å²) in [6.07, 6.45) is 1.09. The van der Waals surface area contributed by atoms with E-state index in [1.54, 1.807) is 0 Å². The Morgan fingerprint density at radius 1 is 1.64 bits per heavy atom. The summed E-state index contributed by atoms with van der Waals surface area (Å²) in [5.41, 5.74) is 4.53. The van der Waals surface area contributed by atoms with Gasteiger partial charge in [-0.3, -0.25) is 15.0 Å². The number of ether oxygens (including phenoxy) is 1. The monoisotopic (exact) mass is 158 g/mol. The summed E-state index contributed by atoms with van der Waals surface area (Å²) in [5.74, 6) is -0.844. The van der Waals surface area contributed by atoms with Crippen LogP contribution in [0.15, 0.2) is 12.7 Å². The lowest BCUT2D eigenvalue weighted by atomic mass is 10.6. The second-order valence-corrected chi connectivity index (χ2v) is 1.62. The van der Waals surface area contributed by atoms with Crippen LogP contribution in [0.4, 0.5) is 0 Å². The first kappa shape index (κ1) is 9.64. The van der Waals surface area contributed by atoms with E-state index < -0.39 is 11.9 Å². The number of nitrogens with one attached hydrogen (secondary N) is 2. The Balaban J connectivity index is 3.34. The van der Waals surface area contributed by atoms with E-state index in [-0.39, 0.29) is 6.54 Å². The molecule has 2 N–H and O–H groups in total. The van der Waals surface area contributed by atoms with E-state index in [0.717, 1.165) is 6.08 Å². The molecule has 0 aliphatic heterocycles. The first-order chi connectivity index (χ1) is 5.20. The highest BCUT2D eigenvalue weighted by molar-refractivity contribution is 5.86. The number of hydrogen-bond donors (Lipinski definition) is 2. The number of carbonyl (C=O) groups excluding carboxylic acids is 2. The number of esters is 1. The van der Waals surface area contributed by atoms with Crippen LogP contribution in [0.2, 0.25) is 0 Å². The first-order valence-electron chi connectivity index (χ1n) is 2.92. The number of hydrazine groups is 1. The molecule has 0 heterocycles. The fourth-order valence-electron chi connectivity index (χ4n) is 0.327. The predicted octanol–water partition coefficient (Wildman–Crippen LogP) is -1.03. The summed E-state index contributed by atoms with van der Waals surface area (Å²) in [4.78, 5) is 20.9. The van der Waals surface area contributed by atoms with Crippen LogP contribution in [-0.2, 0) is 14.3 Å². The number of methoxy groups -OCH3 is 1. The molecule has 0 saturated heterocycles. The minimum Gasteiger partial charge on any atom is -0.468 e. The van der Waals surface area contributed by atoms with Crippen LogP contribution in [0.1, 0.15) is 0 Å². The Bertz CT molecular complexity index is 167. The molecule has 0 aliphatic rings. The lowest BCUT2D eigenvalue weighted by Crippen LogP contribution is -2.39. The molecule has 62 valence electrons. The van der Waals surface area contributed by atoms with Crippen LogP contribution in [0, 0.1) is 0 Å². The van der Waals surface area contributed by atoms with E-state index >= 15 is 0 Å². The van der Waals surface area contributed by atoms with Gasteiger partial charge in [-0.05, 0) is 6.08 Å². The van der Waals surface area contributed by atoms with Gasteiger partial charge in [0, 0.05) is 0 Å². The Morgan fingerprint density at radius 2 is 2.27 bits per heavy atom. The predicted molar refractivity (Wildman–Crippen MR) is 38.4 cm³/mol. The Labute approximate surface area is 64.4 Å². The molecule has 5 heteroatoms. The molecule has 0 aromatic heterocycles. The molecule has 1 amide bonds. The zero-order chi connectivity index (χ0) is 8.69. The quantitative estimate of drug-likeness (QED) is 0.312. The number of rotatable bonds is 4. The van der Waals surface area contributed by atoms with E-state index in [1.807, 2.05) is 0 Å². The van der Waals surface area contributed by atoms with E-state index in [4.69, 9.17) is 0 Å². The largest absolute Gasteiger partial charge is 0.468 e. The molecule has 0 saturated carbocycles. The smallest absolute Gasteiger partial charge is 0.321 e. The number of carbonyl (C=O) groups is 2. The summed E-state index contributed by atoms with van der Waals surface area (Å²) >= 11 is 0. The average molecular weight is 158 g/mol. The van der Waals surface area contributed by atoms with Gasteiger partial charge in [0.15, 0.2) is 0 Å². The minimum absolute atomic E-state index is 0.0594. The lowest BCUT2D eigenvalue weighted by molar-refractivity contribution is -0.139. The second kappa shape index (κ2) is 5.43. The number of hydrogen-bond acceptors (Lipinski definition) is 4. The zero-order valence-corrected chi connectivity index (χ0v) is 6.22. The third-order valence-corrected chi connectivity index (χ3v) is 0.857. The third-order valence-electron chi connectivity index (χ3n) is 0.857. The molecule has 0 aliphatic carbocycles. The first-order valence-corrected chi connectivity index (χ1v) is 2.92. The molecule has 11 heavy (non-hydrogen) atoms. The van der Waals surface area contributed by atoms with Crippen molar-refractivity contribution in [1.29, 1.82) is 0 Å². The summed E-state index contributed by atoms with van der Waals surface area (Å²) in [5, 5.41) is 0. The normalized spacial score (nSPS) is 8.45. The van der Waals surface area contributed by atoms with Gasteiger partial charge >= 0.3 is 5.97 Å². The third kappa shape index (κ3) is 5.10. The molecule has 0 fully saturated rings. The second-order valence-electron chi connectivity index (χ2n) is 1.62. The molecule has 0 bridgehead atoms. The van der Waals surface area contributed by atoms with Gasteiger partial charge in [-0.1, -0.05) is 6.58 Å². The van der Waals surface area contributed by atoms with Gasteiger partial charge in [0.25, 0.3) is 5.91 Å². The molecular weight excluding hydrogens is 148 g/mol. The van der Waals surface area contributed by atoms with Crippen LogP contribution in [0.3, 0.4) is 0 Å². The molecule has 0 unspecified atom stereocenters. The molecule has 0 aromatic rings. The van der Waals surface area contributed by atoms with Gasteiger partial charge < -0.3 is 4.74 Å². The molecule has 0 aromatic carbocycles. The summed E-state index contributed by atoms with van der Waals surface area (Å²) < 4.78 is 4.29. The maximum atomic E-state index is 10.4. The van der Waals surface area contributed by atoms with Gasteiger partial charge in [0.1, 0.15) is 6.54 Å². The van der Waals surface area contributed by atoms with Crippen LogP contribution in [0.25, 0.3) is 0 Å². The Kier molecular flexibility index (Phi) is 4.76. The summed E-state index contributed by atoms with van der Waals surface area (Å²) in [7, 11) is 1.26. The van der Waals surface area contributed by atoms with Crippen molar-refractivity contribution in [1.82, 2.24) is 10.9 Å². The lowest BCUT2D eigenvalue weighted by Gasteiger charge is -2.01. The van der Waals surface area contributed by atoms with Crippen molar-refractivity contribution in [3.8, 4) is 0 Å². The fraction of sp³-hybridized carbons (Fsp3) is 0.333. The van der Waals surface area contributed by atoms with Crippen molar-refractivity contribution in [3.63, 3.8) is 0 Å². The fourth-order valence-corrected chi connectivity index (χ4v) is 0.327. The topological polar surface area (TPSA) is 67.4 Å². The number of amides is 1. The standard InChI is InChI=1S/C6H10N2O3/c1-3-5(9)8-7-4-6(10)11-2/h3,7H,1,4H2,2H3,(H,8,9). The maximum absolute atomic E-state index is 10.4. The SMILES string of the molecule is C=CC(=O)NNCC(=O)OC. The van der Waals surface area contributed by atoms with Gasteiger partial charge in [0.05, 0.1) is 7.11 Å². The molecule has 0 atom stereocenters. The van der Waals surface area contributed by atoms with Gasteiger partial charge in [0.2, 0.25) is 0 Å². The van der Waals surface area contributed by atoms with Crippen LogP contribution >= 0.6 is 0 Å². The Morgan fingerprint density at radius 3 is 2.73 bits per heavy atom. The van der Waals surface area contributed by atoms with Crippen molar-refractivity contribution in [2.24, 2.45) is 0 Å². The van der Waals surface area contributed by atoms with Crippen LogP contribution in [-0.4, -0.2) is 25.5 Å². The maximum Gasteiger partial charge on any atom is 0.321 e. The van der Waals surface area contributed by atoms with Crippen LogP contribution < -0.4 is 10.9 Å². The zero-order valence-electron chi connectivity index (χ0n) is 6.22. The molecular formula is C6H10N2O3. The van der Waals surface area contributed by atoms with Crippen molar-refractivity contribution in [2.45, 2.75) is 0 Å². The van der Waals surface area contributed by atoms with Crippen molar-refractivity contribution in [2.75, 3.05) is 13.7 Å². The molecule has 0 radical (unpaired) electrons. The summed E-state index contributed by atoms with van der Waals surface area (Å²) in [6, 6.07) is 0. The van der Waals surface area contributed by atoms with Gasteiger partial charge in [-0.2, -0.15) is 0 Å². The summed E-state index contributed by atoms with van der Waals surface area (Å²) in [6.45, 7) is 3.15. The van der Waals surface area contributed by atoms with E-state index in [2.05, 4.69) is 22.2 Å².